The van der Waals surface area contributed by atoms with E-state index in [9.17, 15) is 0 Å². The van der Waals surface area contributed by atoms with Crippen LogP contribution < -0.4 is 5.73 Å². The lowest BCUT2D eigenvalue weighted by atomic mass is 10.2. The van der Waals surface area contributed by atoms with E-state index in [1.807, 2.05) is 42.5 Å². The third-order valence-electron chi connectivity index (χ3n) is 1.67. The summed E-state index contributed by atoms with van der Waals surface area (Å²) in [6, 6.07) is 10.1. The van der Waals surface area contributed by atoms with Gasteiger partial charge < -0.3 is 5.73 Å². The molecular formula is C11H14N2S. The zero-order chi connectivity index (χ0) is 10.2. The van der Waals surface area contributed by atoms with E-state index in [1.165, 1.54) is 5.56 Å². The van der Waals surface area contributed by atoms with Crippen LogP contribution in [0.3, 0.4) is 0 Å². The maximum absolute atomic E-state index is 5.49. The monoisotopic (exact) mass is 206 g/mol. The van der Waals surface area contributed by atoms with Crippen LogP contribution >= 0.6 is 12.6 Å². The lowest BCUT2D eigenvalue weighted by molar-refractivity contribution is 1.23. The molecule has 1 aromatic carbocycles. The smallest absolute Gasteiger partial charge is 0.104 e. The Balaban J connectivity index is 2.42. The molecule has 0 saturated heterocycles. The molecule has 0 aromatic heterocycles. The Hall–Kier alpha value is -1.22. The van der Waals surface area contributed by atoms with Gasteiger partial charge >= 0.3 is 0 Å². The normalized spacial score (nSPS) is 12.2. The Morgan fingerprint density at radius 3 is 2.71 bits per heavy atom. The summed E-state index contributed by atoms with van der Waals surface area (Å²) in [7, 11) is 0. The molecule has 0 atom stereocenters. The number of thiol groups is 1. The highest BCUT2D eigenvalue weighted by molar-refractivity contribution is 7.81. The largest absolute Gasteiger partial charge is 0.387 e. The zero-order valence-electron chi connectivity index (χ0n) is 7.93. The molecule has 0 heterocycles. The van der Waals surface area contributed by atoms with Crippen LogP contribution in [0, 0.1) is 0 Å². The summed E-state index contributed by atoms with van der Waals surface area (Å²) in [6.07, 6.45) is 4.00. The van der Waals surface area contributed by atoms with Crippen molar-refractivity contribution < 1.29 is 0 Å². The fourth-order valence-electron chi connectivity index (χ4n) is 0.973. The van der Waals surface area contributed by atoms with Gasteiger partial charge in [-0.1, -0.05) is 42.5 Å². The van der Waals surface area contributed by atoms with Crippen molar-refractivity contribution in [3.05, 3.63) is 42.0 Å². The van der Waals surface area contributed by atoms with Gasteiger partial charge in [0.1, 0.15) is 5.84 Å². The van der Waals surface area contributed by atoms with Gasteiger partial charge in [0, 0.05) is 5.75 Å². The van der Waals surface area contributed by atoms with Gasteiger partial charge in [0.15, 0.2) is 0 Å². The summed E-state index contributed by atoms with van der Waals surface area (Å²) in [6.45, 7) is 0.612. The molecule has 0 radical (unpaired) electrons. The highest BCUT2D eigenvalue weighted by atomic mass is 32.1. The SMILES string of the molecule is NC(CS)=NC/C=C/c1ccccc1. The Morgan fingerprint density at radius 2 is 2.07 bits per heavy atom. The minimum atomic E-state index is 0.513. The second-order valence-corrected chi connectivity index (χ2v) is 3.12. The van der Waals surface area contributed by atoms with Gasteiger partial charge in [-0.05, 0) is 5.56 Å². The van der Waals surface area contributed by atoms with Gasteiger partial charge in [-0.25, -0.2) is 0 Å². The summed E-state index contributed by atoms with van der Waals surface area (Å²) in [5.41, 5.74) is 6.67. The van der Waals surface area contributed by atoms with Crippen molar-refractivity contribution in [1.29, 1.82) is 0 Å². The quantitative estimate of drug-likeness (QED) is 0.441. The van der Waals surface area contributed by atoms with Crippen LogP contribution in [0.1, 0.15) is 5.56 Å². The van der Waals surface area contributed by atoms with Crippen LogP contribution in [-0.4, -0.2) is 18.1 Å². The van der Waals surface area contributed by atoms with Crippen LogP contribution in [0.2, 0.25) is 0 Å². The first kappa shape index (κ1) is 10.9. The summed E-state index contributed by atoms with van der Waals surface area (Å²) in [5.74, 6) is 1.09. The molecule has 0 aliphatic carbocycles. The second kappa shape index (κ2) is 6.27. The van der Waals surface area contributed by atoms with Gasteiger partial charge in [-0.15, -0.1) is 0 Å². The molecule has 14 heavy (non-hydrogen) atoms. The number of rotatable bonds is 4. The number of benzene rings is 1. The number of nitrogens with zero attached hydrogens (tertiary/aromatic N) is 1. The minimum absolute atomic E-state index is 0.513. The number of nitrogens with two attached hydrogens (primary N) is 1. The van der Waals surface area contributed by atoms with Crippen molar-refractivity contribution in [2.24, 2.45) is 10.7 Å². The molecule has 74 valence electrons. The predicted molar refractivity (Wildman–Crippen MR) is 65.8 cm³/mol. The van der Waals surface area contributed by atoms with Crippen molar-refractivity contribution in [2.75, 3.05) is 12.3 Å². The molecule has 3 heteroatoms. The topological polar surface area (TPSA) is 38.4 Å². The van der Waals surface area contributed by atoms with E-state index in [0.29, 0.717) is 18.1 Å². The fourth-order valence-corrected chi connectivity index (χ4v) is 1.07. The Morgan fingerprint density at radius 1 is 1.36 bits per heavy atom. The van der Waals surface area contributed by atoms with Crippen LogP contribution in [0.15, 0.2) is 41.4 Å². The van der Waals surface area contributed by atoms with Crippen molar-refractivity contribution in [2.45, 2.75) is 0 Å². The zero-order valence-corrected chi connectivity index (χ0v) is 8.82. The second-order valence-electron chi connectivity index (χ2n) is 2.80. The van der Waals surface area contributed by atoms with Crippen LogP contribution in [0.25, 0.3) is 6.08 Å². The molecule has 0 aliphatic rings. The molecule has 0 saturated carbocycles. The molecular weight excluding hydrogens is 192 g/mol. The predicted octanol–water partition coefficient (Wildman–Crippen LogP) is 1.99. The first-order valence-electron chi connectivity index (χ1n) is 4.44. The van der Waals surface area contributed by atoms with Gasteiger partial charge in [0.05, 0.1) is 6.54 Å². The molecule has 0 amide bonds. The molecule has 2 N–H and O–H groups in total. The van der Waals surface area contributed by atoms with Crippen LogP contribution in [0.4, 0.5) is 0 Å². The molecule has 1 rings (SSSR count). The Kier molecular flexibility index (Phi) is 4.86. The van der Waals surface area contributed by atoms with Gasteiger partial charge in [0.2, 0.25) is 0 Å². The summed E-state index contributed by atoms with van der Waals surface area (Å²) in [5, 5.41) is 0. The number of aliphatic imine (C=N–C) groups is 1. The Labute approximate surface area is 90.0 Å². The first-order chi connectivity index (χ1) is 6.83. The third-order valence-corrected chi connectivity index (χ3v) is 2.00. The highest BCUT2D eigenvalue weighted by Gasteiger charge is 1.84. The van der Waals surface area contributed by atoms with Crippen LogP contribution in [0.5, 0.6) is 0 Å². The van der Waals surface area contributed by atoms with Gasteiger partial charge in [0.25, 0.3) is 0 Å². The number of hydrogen-bond donors (Lipinski definition) is 2. The van der Waals surface area contributed by atoms with E-state index in [2.05, 4.69) is 17.6 Å². The maximum Gasteiger partial charge on any atom is 0.104 e. The van der Waals surface area contributed by atoms with E-state index >= 15 is 0 Å². The third kappa shape index (κ3) is 4.14. The van der Waals surface area contributed by atoms with E-state index < -0.39 is 0 Å². The molecule has 1 aromatic rings. The molecule has 0 fully saturated rings. The molecule has 2 nitrogen and oxygen atoms in total. The van der Waals surface area contributed by atoms with Crippen molar-refractivity contribution in [1.82, 2.24) is 0 Å². The van der Waals surface area contributed by atoms with E-state index in [1.54, 1.807) is 0 Å². The van der Waals surface area contributed by atoms with E-state index in [-0.39, 0.29) is 0 Å². The average molecular weight is 206 g/mol. The lowest BCUT2D eigenvalue weighted by Crippen LogP contribution is -2.13. The highest BCUT2D eigenvalue weighted by Crippen LogP contribution is 2.00. The first-order valence-corrected chi connectivity index (χ1v) is 5.07. The van der Waals surface area contributed by atoms with Crippen molar-refractivity contribution >= 4 is 24.5 Å². The summed E-state index contributed by atoms with van der Waals surface area (Å²) < 4.78 is 0. The minimum Gasteiger partial charge on any atom is -0.387 e. The summed E-state index contributed by atoms with van der Waals surface area (Å²) >= 11 is 4.01. The van der Waals surface area contributed by atoms with Crippen molar-refractivity contribution in [3.63, 3.8) is 0 Å². The van der Waals surface area contributed by atoms with Gasteiger partial charge in [-0.3, -0.25) is 4.99 Å². The Bertz CT molecular complexity index is 317. The average Bonchev–Trinajstić information content (AvgIpc) is 2.25. The fraction of sp³-hybridized carbons (Fsp3) is 0.182. The van der Waals surface area contributed by atoms with Crippen LogP contribution in [-0.2, 0) is 0 Å². The number of amidine groups is 1. The molecule has 0 unspecified atom stereocenters. The standard InChI is InChI=1S/C11H14N2S/c12-11(9-14)13-8-4-7-10-5-2-1-3-6-10/h1-7,14H,8-9H2,(H2,12,13)/b7-4+. The van der Waals surface area contributed by atoms with Crippen molar-refractivity contribution in [3.8, 4) is 0 Å². The van der Waals surface area contributed by atoms with Gasteiger partial charge in [-0.2, -0.15) is 12.6 Å². The van der Waals surface area contributed by atoms with E-state index in [0.717, 1.165) is 0 Å². The van der Waals surface area contributed by atoms with E-state index in [4.69, 9.17) is 5.73 Å². The number of hydrogen-bond acceptors (Lipinski definition) is 2. The maximum atomic E-state index is 5.49. The lowest BCUT2D eigenvalue weighted by Gasteiger charge is -1.92. The molecule has 0 bridgehead atoms. The molecule has 0 aliphatic heterocycles. The summed E-state index contributed by atoms with van der Waals surface area (Å²) in [4.78, 5) is 4.09. The molecule has 0 spiro atoms.